The van der Waals surface area contributed by atoms with Crippen molar-refractivity contribution >= 4 is 17.7 Å². The molecule has 0 bridgehead atoms. The number of carbonyl (C=O) groups is 1. The molecule has 3 N–H and O–H groups in total. The molecule has 0 aromatic carbocycles. The van der Waals surface area contributed by atoms with Gasteiger partial charge in [0.15, 0.2) is 0 Å². The average Bonchev–Trinajstić information content (AvgIpc) is 2.21. The lowest BCUT2D eigenvalue weighted by Crippen LogP contribution is -2.45. The molecule has 0 aliphatic carbocycles. The van der Waals surface area contributed by atoms with Gasteiger partial charge in [-0.05, 0) is 25.4 Å². The summed E-state index contributed by atoms with van der Waals surface area (Å²) in [5.74, 6) is 0.833. The highest BCUT2D eigenvalue weighted by molar-refractivity contribution is 7.98. The van der Waals surface area contributed by atoms with Crippen molar-refractivity contribution in [3.63, 3.8) is 0 Å². The van der Waals surface area contributed by atoms with E-state index in [-0.39, 0.29) is 12.5 Å². The molecule has 1 amide bonds. The fourth-order valence-electron chi connectivity index (χ4n) is 1.15. The quantitative estimate of drug-likeness (QED) is 0.629. The zero-order chi connectivity index (χ0) is 11.0. The number of hydrogen-bond acceptors (Lipinski definition) is 4. The topological polar surface area (TPSA) is 66.6 Å². The van der Waals surface area contributed by atoms with Gasteiger partial charge >= 0.3 is 0 Å². The van der Waals surface area contributed by atoms with Gasteiger partial charge in [0.1, 0.15) is 0 Å². The lowest BCUT2D eigenvalue weighted by Gasteiger charge is -2.23. The minimum absolute atomic E-state index is 0.00513. The molecule has 4 nitrogen and oxygen atoms in total. The maximum absolute atomic E-state index is 11.7. The molecule has 0 rings (SSSR count). The van der Waals surface area contributed by atoms with Crippen LogP contribution < -0.4 is 5.73 Å². The van der Waals surface area contributed by atoms with Crippen LogP contribution in [0.15, 0.2) is 0 Å². The maximum Gasteiger partial charge on any atom is 0.239 e. The fourth-order valence-corrected chi connectivity index (χ4v) is 1.64. The lowest BCUT2D eigenvalue weighted by atomic mass is 10.2. The number of nitrogens with two attached hydrogens (primary N) is 1. The molecule has 0 aromatic rings. The molecule has 0 saturated carbocycles. The third-order valence-corrected chi connectivity index (χ3v) is 2.66. The molecule has 14 heavy (non-hydrogen) atoms. The van der Waals surface area contributed by atoms with E-state index in [1.54, 1.807) is 16.7 Å². The zero-order valence-electron chi connectivity index (χ0n) is 8.90. The molecule has 1 atom stereocenters. The van der Waals surface area contributed by atoms with Crippen molar-refractivity contribution in [1.82, 2.24) is 4.90 Å². The second-order valence-electron chi connectivity index (χ2n) is 3.03. The zero-order valence-corrected chi connectivity index (χ0v) is 9.72. The van der Waals surface area contributed by atoms with Crippen molar-refractivity contribution in [2.75, 3.05) is 31.7 Å². The van der Waals surface area contributed by atoms with Gasteiger partial charge in [0.05, 0.1) is 12.6 Å². The summed E-state index contributed by atoms with van der Waals surface area (Å²) in [7, 11) is 0. The molecule has 0 heterocycles. The third-order valence-electron chi connectivity index (χ3n) is 2.01. The Morgan fingerprint density at radius 2 is 2.29 bits per heavy atom. The van der Waals surface area contributed by atoms with Crippen molar-refractivity contribution in [3.8, 4) is 0 Å². The average molecular weight is 220 g/mol. The van der Waals surface area contributed by atoms with Crippen LogP contribution in [0.1, 0.15) is 13.3 Å². The Hall–Kier alpha value is -0.260. The van der Waals surface area contributed by atoms with Crippen LogP contribution in [-0.2, 0) is 4.79 Å². The van der Waals surface area contributed by atoms with Crippen molar-refractivity contribution in [2.45, 2.75) is 19.4 Å². The summed E-state index contributed by atoms with van der Waals surface area (Å²) in [6.45, 7) is 2.86. The highest BCUT2D eigenvalue weighted by atomic mass is 32.2. The Morgan fingerprint density at radius 1 is 1.64 bits per heavy atom. The highest BCUT2D eigenvalue weighted by Crippen LogP contribution is 2.02. The summed E-state index contributed by atoms with van der Waals surface area (Å²) in [5.41, 5.74) is 5.72. The highest BCUT2D eigenvalue weighted by Gasteiger charge is 2.18. The van der Waals surface area contributed by atoms with E-state index in [0.29, 0.717) is 19.5 Å². The number of rotatable bonds is 7. The van der Waals surface area contributed by atoms with Gasteiger partial charge in [-0.3, -0.25) is 4.79 Å². The molecule has 0 aliphatic heterocycles. The Kier molecular flexibility index (Phi) is 7.93. The van der Waals surface area contributed by atoms with Crippen LogP contribution in [0.3, 0.4) is 0 Å². The largest absolute Gasteiger partial charge is 0.395 e. The molecule has 0 saturated heterocycles. The third kappa shape index (κ3) is 4.83. The van der Waals surface area contributed by atoms with Gasteiger partial charge in [0.25, 0.3) is 0 Å². The van der Waals surface area contributed by atoms with Gasteiger partial charge in [0, 0.05) is 13.1 Å². The van der Waals surface area contributed by atoms with Crippen LogP contribution >= 0.6 is 11.8 Å². The van der Waals surface area contributed by atoms with Gasteiger partial charge in [-0.1, -0.05) is 0 Å². The van der Waals surface area contributed by atoms with Crippen molar-refractivity contribution < 1.29 is 9.90 Å². The number of aliphatic hydroxyl groups is 1. The summed E-state index contributed by atoms with van der Waals surface area (Å²) in [6.07, 6.45) is 2.68. The van der Waals surface area contributed by atoms with Crippen LogP contribution in [0.2, 0.25) is 0 Å². The van der Waals surface area contributed by atoms with E-state index in [9.17, 15) is 4.79 Å². The van der Waals surface area contributed by atoms with Crippen molar-refractivity contribution in [2.24, 2.45) is 5.73 Å². The fraction of sp³-hybridized carbons (Fsp3) is 0.889. The second-order valence-corrected chi connectivity index (χ2v) is 4.02. The molecule has 0 spiro atoms. The summed E-state index contributed by atoms with van der Waals surface area (Å²) >= 11 is 1.68. The Morgan fingerprint density at radius 3 is 2.71 bits per heavy atom. The van der Waals surface area contributed by atoms with E-state index in [0.717, 1.165) is 5.75 Å². The van der Waals surface area contributed by atoms with E-state index in [1.165, 1.54) is 0 Å². The Bertz CT molecular complexity index is 167. The first-order valence-corrected chi connectivity index (χ1v) is 6.20. The number of nitrogens with zero attached hydrogens (tertiary/aromatic N) is 1. The molecule has 5 heteroatoms. The van der Waals surface area contributed by atoms with Crippen LogP contribution in [-0.4, -0.2) is 53.7 Å². The van der Waals surface area contributed by atoms with Crippen LogP contribution in [0.4, 0.5) is 0 Å². The van der Waals surface area contributed by atoms with Crippen molar-refractivity contribution in [3.05, 3.63) is 0 Å². The predicted octanol–water partition coefficient (Wildman–Crippen LogP) is -0.0924. The SMILES string of the molecule is CCN(CCO)C(=O)[C@@H](N)CCSC. The first kappa shape index (κ1) is 13.7. The monoisotopic (exact) mass is 220 g/mol. The molecule has 0 fully saturated rings. The van der Waals surface area contributed by atoms with E-state index in [4.69, 9.17) is 10.8 Å². The van der Waals surface area contributed by atoms with Gasteiger partial charge in [0.2, 0.25) is 5.91 Å². The van der Waals surface area contributed by atoms with Gasteiger partial charge in [-0.2, -0.15) is 11.8 Å². The Labute approximate surface area is 89.8 Å². The minimum Gasteiger partial charge on any atom is -0.395 e. The van der Waals surface area contributed by atoms with Gasteiger partial charge < -0.3 is 15.7 Å². The molecule has 84 valence electrons. The molecule has 0 aliphatic rings. The van der Waals surface area contributed by atoms with Crippen LogP contribution in [0.25, 0.3) is 0 Å². The van der Waals surface area contributed by atoms with Gasteiger partial charge in [-0.15, -0.1) is 0 Å². The molecule has 0 aromatic heterocycles. The molecule has 0 unspecified atom stereocenters. The number of hydrogen-bond donors (Lipinski definition) is 2. The number of aliphatic hydroxyl groups excluding tert-OH is 1. The molecular weight excluding hydrogens is 200 g/mol. The molecular formula is C9H20N2O2S. The second kappa shape index (κ2) is 8.08. The Balaban J connectivity index is 3.99. The van der Waals surface area contributed by atoms with E-state index < -0.39 is 6.04 Å². The normalized spacial score (nSPS) is 12.6. The first-order chi connectivity index (χ1) is 6.67. The van der Waals surface area contributed by atoms with E-state index in [1.807, 2.05) is 13.2 Å². The number of thioether (sulfide) groups is 1. The van der Waals surface area contributed by atoms with Crippen LogP contribution in [0, 0.1) is 0 Å². The summed E-state index contributed by atoms with van der Waals surface area (Å²) < 4.78 is 0. The minimum atomic E-state index is -0.422. The number of carbonyl (C=O) groups excluding carboxylic acids is 1. The standard InChI is InChI=1S/C9H20N2O2S/c1-3-11(5-6-12)9(13)8(10)4-7-14-2/h8,12H,3-7,10H2,1-2H3/t8-/m0/s1. The van der Waals surface area contributed by atoms with Gasteiger partial charge in [-0.25, -0.2) is 0 Å². The number of amides is 1. The predicted molar refractivity (Wildman–Crippen MR) is 60.3 cm³/mol. The van der Waals surface area contributed by atoms with E-state index in [2.05, 4.69) is 0 Å². The summed E-state index contributed by atoms with van der Waals surface area (Å²) in [5, 5.41) is 8.74. The van der Waals surface area contributed by atoms with Crippen LogP contribution in [0.5, 0.6) is 0 Å². The smallest absolute Gasteiger partial charge is 0.239 e. The summed E-state index contributed by atoms with van der Waals surface area (Å²) in [4.78, 5) is 13.2. The lowest BCUT2D eigenvalue weighted by molar-refractivity contribution is -0.132. The summed E-state index contributed by atoms with van der Waals surface area (Å²) in [6, 6.07) is -0.422. The maximum atomic E-state index is 11.7. The molecule has 0 radical (unpaired) electrons. The van der Waals surface area contributed by atoms with E-state index >= 15 is 0 Å². The first-order valence-electron chi connectivity index (χ1n) is 4.81. The van der Waals surface area contributed by atoms with Crippen molar-refractivity contribution in [1.29, 1.82) is 0 Å². The number of likely N-dealkylation sites (N-methyl/N-ethyl adjacent to an activating group) is 1.